The average molecular weight is 190 g/mol. The third-order valence-electron chi connectivity index (χ3n) is 1.35. The summed E-state index contributed by atoms with van der Waals surface area (Å²) in [6, 6.07) is 0. The van der Waals surface area contributed by atoms with Crippen molar-refractivity contribution in [1.82, 2.24) is 0 Å². The van der Waals surface area contributed by atoms with Gasteiger partial charge in [-0.15, -0.1) is 0 Å². The number of hydrogen-bond acceptors (Lipinski definition) is 3. The lowest BCUT2D eigenvalue weighted by molar-refractivity contribution is -0.485. The van der Waals surface area contributed by atoms with Crippen LogP contribution in [0.4, 0.5) is 0 Å². The molecule has 13 heavy (non-hydrogen) atoms. The predicted molar refractivity (Wildman–Crippen MR) is 47.4 cm³/mol. The molecule has 0 aromatic heterocycles. The molecule has 1 saturated heterocycles. The minimum atomic E-state index is -0.963. The molecule has 0 saturated carbocycles. The van der Waals surface area contributed by atoms with Crippen LogP contribution < -0.4 is 11.5 Å². The fourth-order valence-corrected chi connectivity index (χ4v) is 0.747. The first kappa shape index (κ1) is 11.6. The number of nitrogens with two attached hydrogens (primary N) is 2. The van der Waals surface area contributed by atoms with Crippen LogP contribution >= 0.6 is 0 Å². The van der Waals surface area contributed by atoms with Crippen molar-refractivity contribution in [2.75, 3.05) is 13.2 Å². The van der Waals surface area contributed by atoms with E-state index in [9.17, 15) is 10.1 Å². The molecule has 0 aliphatic carbocycles. The van der Waals surface area contributed by atoms with Gasteiger partial charge in [0.2, 0.25) is 0 Å². The summed E-state index contributed by atoms with van der Waals surface area (Å²) < 4.78 is 5.06. The summed E-state index contributed by atoms with van der Waals surface area (Å²) in [6.45, 7) is 4.19. The van der Waals surface area contributed by atoms with Crippen molar-refractivity contribution in [3.05, 3.63) is 10.1 Å². The molecule has 0 spiro atoms. The maximum atomic E-state index is 9.27. The minimum Gasteiger partial charge on any atom is -0.381 e. The number of rotatable bonds is 1. The smallest absolute Gasteiger partial charge is 0.263 e. The molecule has 4 N–H and O–H groups in total. The van der Waals surface area contributed by atoms with Crippen molar-refractivity contribution >= 4 is 5.96 Å². The summed E-state index contributed by atoms with van der Waals surface area (Å²) in [6.07, 6.45) is 1.26. The van der Waals surface area contributed by atoms with E-state index in [0.29, 0.717) is 0 Å². The molecule has 0 radical (unpaired) electrons. The third-order valence-corrected chi connectivity index (χ3v) is 1.35. The Bertz CT molecular complexity index is 184. The molecular weight excluding hydrogens is 176 g/mol. The predicted octanol–water partition coefficient (Wildman–Crippen LogP) is -0.506. The molecule has 7 nitrogen and oxygen atoms in total. The maximum absolute atomic E-state index is 9.27. The van der Waals surface area contributed by atoms with E-state index in [4.69, 9.17) is 4.74 Å². The largest absolute Gasteiger partial charge is 0.381 e. The Labute approximate surface area is 75.9 Å². The Balaban J connectivity index is 0.000000223. The molecule has 1 fully saturated rings. The van der Waals surface area contributed by atoms with Crippen LogP contribution in [0.15, 0.2) is 5.10 Å². The monoisotopic (exact) mass is 190 g/mol. The van der Waals surface area contributed by atoms with Gasteiger partial charge in [-0.2, -0.15) is 0 Å². The molecule has 1 atom stereocenters. The van der Waals surface area contributed by atoms with E-state index in [1.54, 1.807) is 0 Å². The second kappa shape index (κ2) is 6.18. The van der Waals surface area contributed by atoms with Gasteiger partial charge in [0.1, 0.15) is 0 Å². The normalized spacial score (nSPS) is 19.9. The van der Waals surface area contributed by atoms with Crippen molar-refractivity contribution in [3.8, 4) is 0 Å². The van der Waals surface area contributed by atoms with Gasteiger partial charge in [-0.1, -0.05) is 6.92 Å². The van der Waals surface area contributed by atoms with Crippen molar-refractivity contribution in [3.63, 3.8) is 0 Å². The second-order valence-corrected chi connectivity index (χ2v) is 2.73. The summed E-state index contributed by atoms with van der Waals surface area (Å²) in [7, 11) is 0. The van der Waals surface area contributed by atoms with Gasteiger partial charge < -0.3 is 16.2 Å². The Kier molecular flexibility index (Phi) is 5.53. The zero-order valence-electron chi connectivity index (χ0n) is 7.47. The van der Waals surface area contributed by atoms with Crippen LogP contribution in [-0.4, -0.2) is 24.2 Å². The number of nitro groups is 1. The second-order valence-electron chi connectivity index (χ2n) is 2.73. The van der Waals surface area contributed by atoms with Crippen molar-refractivity contribution in [2.24, 2.45) is 22.5 Å². The maximum Gasteiger partial charge on any atom is 0.263 e. The van der Waals surface area contributed by atoms with E-state index in [1.807, 2.05) is 0 Å². The van der Waals surface area contributed by atoms with E-state index in [2.05, 4.69) is 23.5 Å². The van der Waals surface area contributed by atoms with Gasteiger partial charge in [0.15, 0.2) is 5.03 Å². The number of nitrogens with zero attached hydrogens (tertiary/aromatic N) is 2. The van der Waals surface area contributed by atoms with Gasteiger partial charge in [0.05, 0.1) is 5.10 Å². The first-order valence-corrected chi connectivity index (χ1v) is 3.84. The molecule has 7 heteroatoms. The first-order chi connectivity index (χ1) is 6.02. The standard InChI is InChI=1S/C5H10O.CH4N4O2/c1-5-2-3-6-4-5;2-1(3)4-5(6)7/h5H,2-4H2,1H3;(H4,2,3,4). The molecule has 1 aliphatic rings. The quantitative estimate of drug-likeness (QED) is 0.250. The van der Waals surface area contributed by atoms with Gasteiger partial charge in [0.25, 0.3) is 5.96 Å². The highest BCUT2D eigenvalue weighted by Gasteiger charge is 2.07. The van der Waals surface area contributed by atoms with Crippen LogP contribution in [-0.2, 0) is 4.74 Å². The number of ether oxygens (including phenoxy) is 1. The van der Waals surface area contributed by atoms with Gasteiger partial charge in [-0.25, -0.2) is 10.1 Å². The van der Waals surface area contributed by atoms with Crippen molar-refractivity contribution in [2.45, 2.75) is 13.3 Å². The Morgan fingerprint density at radius 1 is 1.69 bits per heavy atom. The Hall–Kier alpha value is -1.37. The van der Waals surface area contributed by atoms with Crippen LogP contribution in [0.2, 0.25) is 0 Å². The van der Waals surface area contributed by atoms with E-state index in [0.717, 1.165) is 19.1 Å². The lowest BCUT2D eigenvalue weighted by Crippen LogP contribution is -2.23. The highest BCUT2D eigenvalue weighted by molar-refractivity contribution is 5.74. The summed E-state index contributed by atoms with van der Waals surface area (Å²) in [5, 5.41) is 10.8. The van der Waals surface area contributed by atoms with Crippen LogP contribution in [0.1, 0.15) is 13.3 Å². The van der Waals surface area contributed by atoms with E-state index < -0.39 is 11.0 Å². The van der Waals surface area contributed by atoms with Crippen molar-refractivity contribution in [1.29, 1.82) is 0 Å². The van der Waals surface area contributed by atoms with Gasteiger partial charge in [-0.05, 0) is 12.3 Å². The fourth-order valence-electron chi connectivity index (χ4n) is 0.747. The lowest BCUT2D eigenvalue weighted by atomic mass is 10.2. The molecule has 0 amide bonds. The molecule has 0 bridgehead atoms. The highest BCUT2D eigenvalue weighted by atomic mass is 16.7. The minimum absolute atomic E-state index is 0.537. The van der Waals surface area contributed by atoms with Crippen LogP contribution in [0.5, 0.6) is 0 Å². The average Bonchev–Trinajstić information content (AvgIpc) is 2.37. The topological polar surface area (TPSA) is 117 Å². The van der Waals surface area contributed by atoms with Crippen molar-refractivity contribution < 1.29 is 9.77 Å². The Morgan fingerprint density at radius 2 is 2.31 bits per heavy atom. The van der Waals surface area contributed by atoms with E-state index in [-0.39, 0.29) is 0 Å². The third kappa shape index (κ3) is 8.54. The lowest BCUT2D eigenvalue weighted by Gasteiger charge is -1.89. The summed E-state index contributed by atoms with van der Waals surface area (Å²) >= 11 is 0. The molecule has 1 unspecified atom stereocenters. The van der Waals surface area contributed by atoms with Gasteiger partial charge >= 0.3 is 0 Å². The fraction of sp³-hybridized carbons (Fsp3) is 0.833. The molecule has 76 valence electrons. The van der Waals surface area contributed by atoms with E-state index >= 15 is 0 Å². The highest BCUT2D eigenvalue weighted by Crippen LogP contribution is 2.09. The van der Waals surface area contributed by atoms with Gasteiger partial charge in [-0.3, -0.25) is 0 Å². The summed E-state index contributed by atoms with van der Waals surface area (Å²) in [4.78, 5) is 9.27. The van der Waals surface area contributed by atoms with Crippen LogP contribution in [0, 0.1) is 16.0 Å². The SMILES string of the molecule is CC1CCOC1.NC(N)=N[N+](=O)[O-]. The summed E-state index contributed by atoms with van der Waals surface area (Å²) in [5.74, 6) is 0.287. The molecule has 0 aromatic carbocycles. The van der Waals surface area contributed by atoms with E-state index in [1.165, 1.54) is 6.42 Å². The molecule has 1 aliphatic heterocycles. The van der Waals surface area contributed by atoms with Crippen LogP contribution in [0.3, 0.4) is 0 Å². The van der Waals surface area contributed by atoms with Crippen LogP contribution in [0.25, 0.3) is 0 Å². The first-order valence-electron chi connectivity index (χ1n) is 3.84. The number of hydrazone groups is 1. The zero-order chi connectivity index (χ0) is 10.3. The molecule has 1 heterocycles. The molecule has 0 aromatic rings. The summed E-state index contributed by atoms with van der Waals surface area (Å²) in [5.41, 5.74) is 9.16. The zero-order valence-corrected chi connectivity index (χ0v) is 7.47. The Morgan fingerprint density at radius 3 is 2.38 bits per heavy atom. The van der Waals surface area contributed by atoms with Gasteiger partial charge in [0, 0.05) is 13.2 Å². The number of hydrogen-bond donors (Lipinski definition) is 2. The number of guanidine groups is 1. The molecule has 1 rings (SSSR count). The molecular formula is C6H14N4O3.